The van der Waals surface area contributed by atoms with Crippen molar-refractivity contribution in [2.75, 3.05) is 0 Å². The van der Waals surface area contributed by atoms with Crippen molar-refractivity contribution in [3.8, 4) is 79.2 Å². The third kappa shape index (κ3) is 6.08. The Morgan fingerprint density at radius 1 is 0.229 bits per heavy atom. The highest BCUT2D eigenvalue weighted by atomic mass is 15.0. The van der Waals surface area contributed by atoms with E-state index >= 15 is 0 Å². The molecule has 0 aliphatic carbocycles. The van der Waals surface area contributed by atoms with Crippen molar-refractivity contribution in [3.05, 3.63) is 164 Å². The summed E-state index contributed by atoms with van der Waals surface area (Å²) >= 11 is 0. The van der Waals surface area contributed by atoms with Crippen molar-refractivity contribution in [1.82, 2.24) is 34.9 Å². The number of hydrogen-bond donors (Lipinski definition) is 0. The standard InChI is InChI=1S/C41H27N7/c1-4-12-28(13-5-1)31-22-33(37-42-18-10-19-43-37)26-35(24-31)40-46-39(30-16-8-3-9-17-30)47-41(48-40)36-25-32(29-14-6-2-7-15-29)23-34(27-36)38-44-20-11-21-45-38/h1-27H. The first-order valence-corrected chi connectivity index (χ1v) is 15.5. The highest BCUT2D eigenvalue weighted by Gasteiger charge is 2.17. The lowest BCUT2D eigenvalue weighted by atomic mass is 9.98. The van der Waals surface area contributed by atoms with Crippen LogP contribution in [-0.4, -0.2) is 34.9 Å². The summed E-state index contributed by atoms with van der Waals surface area (Å²) in [7, 11) is 0. The van der Waals surface area contributed by atoms with Crippen molar-refractivity contribution < 1.29 is 0 Å². The molecule has 0 aliphatic heterocycles. The smallest absolute Gasteiger partial charge is 0.164 e. The Labute approximate surface area is 277 Å². The van der Waals surface area contributed by atoms with Gasteiger partial charge in [-0.2, -0.15) is 0 Å². The van der Waals surface area contributed by atoms with Crippen LogP contribution < -0.4 is 0 Å². The minimum absolute atomic E-state index is 0.538. The van der Waals surface area contributed by atoms with Crippen LogP contribution in [0, 0.1) is 0 Å². The molecule has 7 heteroatoms. The van der Waals surface area contributed by atoms with E-state index < -0.39 is 0 Å². The lowest BCUT2D eigenvalue weighted by molar-refractivity contribution is 1.07. The fourth-order valence-corrected chi connectivity index (χ4v) is 5.61. The molecule has 0 saturated heterocycles. The van der Waals surface area contributed by atoms with Gasteiger partial charge >= 0.3 is 0 Å². The maximum absolute atomic E-state index is 5.13. The molecule has 0 atom stereocenters. The highest BCUT2D eigenvalue weighted by molar-refractivity contribution is 5.81. The van der Waals surface area contributed by atoms with Gasteiger partial charge in [0.25, 0.3) is 0 Å². The van der Waals surface area contributed by atoms with Crippen molar-refractivity contribution in [3.63, 3.8) is 0 Å². The second kappa shape index (κ2) is 12.9. The third-order valence-electron chi connectivity index (χ3n) is 7.91. The molecular formula is C41H27N7. The molecule has 0 N–H and O–H groups in total. The van der Waals surface area contributed by atoms with Crippen LogP contribution in [0.25, 0.3) is 79.2 Å². The van der Waals surface area contributed by atoms with E-state index in [0.717, 1.165) is 50.1 Å². The predicted octanol–water partition coefficient (Wildman–Crippen LogP) is 9.12. The van der Waals surface area contributed by atoms with Crippen LogP contribution >= 0.6 is 0 Å². The van der Waals surface area contributed by atoms with Crippen molar-refractivity contribution >= 4 is 0 Å². The first-order chi connectivity index (χ1) is 23.8. The number of nitrogens with zero attached hydrogens (tertiary/aromatic N) is 7. The highest BCUT2D eigenvalue weighted by Crippen LogP contribution is 2.34. The summed E-state index contributed by atoms with van der Waals surface area (Å²) in [4.78, 5) is 33.4. The van der Waals surface area contributed by atoms with E-state index in [1.54, 1.807) is 24.8 Å². The maximum atomic E-state index is 5.13. The van der Waals surface area contributed by atoms with Crippen LogP contribution in [0.3, 0.4) is 0 Å². The van der Waals surface area contributed by atoms with Gasteiger partial charge in [0.1, 0.15) is 0 Å². The van der Waals surface area contributed by atoms with Crippen LogP contribution in [-0.2, 0) is 0 Å². The Hall–Kier alpha value is -6.73. The molecule has 0 saturated carbocycles. The molecule has 48 heavy (non-hydrogen) atoms. The minimum Gasteiger partial charge on any atom is -0.237 e. The van der Waals surface area contributed by atoms with E-state index in [4.69, 9.17) is 15.0 Å². The van der Waals surface area contributed by atoms with Gasteiger partial charge in [0.05, 0.1) is 0 Å². The molecule has 0 spiro atoms. The van der Waals surface area contributed by atoms with Gasteiger partial charge in [0.2, 0.25) is 0 Å². The third-order valence-corrected chi connectivity index (χ3v) is 7.91. The van der Waals surface area contributed by atoms with E-state index in [2.05, 4.69) is 68.5 Å². The quantitative estimate of drug-likeness (QED) is 0.176. The van der Waals surface area contributed by atoms with Crippen molar-refractivity contribution in [2.24, 2.45) is 0 Å². The summed E-state index contributed by atoms with van der Waals surface area (Å²) in [5.74, 6) is 2.89. The molecule has 8 aromatic rings. The zero-order valence-electron chi connectivity index (χ0n) is 25.7. The number of rotatable bonds is 7. The zero-order valence-corrected chi connectivity index (χ0v) is 25.7. The van der Waals surface area contributed by atoms with Crippen molar-refractivity contribution in [2.45, 2.75) is 0 Å². The molecule has 0 amide bonds. The van der Waals surface area contributed by atoms with Gasteiger partial charge in [-0.05, 0) is 70.8 Å². The summed E-state index contributed by atoms with van der Waals surface area (Å²) in [6.45, 7) is 0. The summed E-state index contributed by atoms with van der Waals surface area (Å²) in [6, 6.07) is 46.6. The second-order valence-electron chi connectivity index (χ2n) is 11.1. The van der Waals surface area contributed by atoms with Crippen molar-refractivity contribution in [1.29, 1.82) is 0 Å². The zero-order chi connectivity index (χ0) is 32.1. The Balaban J connectivity index is 1.36. The summed E-state index contributed by atoms with van der Waals surface area (Å²) < 4.78 is 0. The number of hydrogen-bond acceptors (Lipinski definition) is 7. The lowest BCUT2D eigenvalue weighted by Gasteiger charge is -2.13. The lowest BCUT2D eigenvalue weighted by Crippen LogP contribution is -2.01. The maximum Gasteiger partial charge on any atom is 0.164 e. The number of benzene rings is 5. The molecule has 5 aromatic carbocycles. The topological polar surface area (TPSA) is 90.2 Å². The van der Waals surface area contributed by atoms with Crippen LogP contribution in [0.4, 0.5) is 0 Å². The fraction of sp³-hybridized carbons (Fsp3) is 0. The predicted molar refractivity (Wildman–Crippen MR) is 189 cm³/mol. The van der Waals surface area contributed by atoms with E-state index in [-0.39, 0.29) is 0 Å². The molecule has 3 heterocycles. The van der Waals surface area contributed by atoms with E-state index in [0.29, 0.717) is 29.1 Å². The van der Waals surface area contributed by atoms with Gasteiger partial charge in [0, 0.05) is 52.6 Å². The van der Waals surface area contributed by atoms with E-state index in [1.807, 2.05) is 91.0 Å². The molecule has 226 valence electrons. The average Bonchev–Trinajstić information content (AvgIpc) is 3.19. The molecule has 0 fully saturated rings. The van der Waals surface area contributed by atoms with Gasteiger partial charge in [0.15, 0.2) is 29.1 Å². The van der Waals surface area contributed by atoms with Crippen LogP contribution in [0.5, 0.6) is 0 Å². The van der Waals surface area contributed by atoms with Gasteiger partial charge in [-0.25, -0.2) is 34.9 Å². The Bertz CT molecular complexity index is 2060. The molecule has 0 radical (unpaired) electrons. The molecular weight excluding hydrogens is 591 g/mol. The summed E-state index contributed by atoms with van der Waals surface area (Å²) in [6.07, 6.45) is 7.00. The monoisotopic (exact) mass is 617 g/mol. The molecule has 3 aromatic heterocycles. The molecule has 0 bridgehead atoms. The summed E-state index contributed by atoms with van der Waals surface area (Å²) in [5, 5.41) is 0. The largest absolute Gasteiger partial charge is 0.237 e. The summed E-state index contributed by atoms with van der Waals surface area (Å²) in [5.41, 5.74) is 8.42. The first-order valence-electron chi connectivity index (χ1n) is 15.5. The fourth-order valence-electron chi connectivity index (χ4n) is 5.61. The van der Waals surface area contributed by atoms with Gasteiger partial charge < -0.3 is 0 Å². The SMILES string of the molecule is c1ccc(-c2cc(-c3ncccn3)cc(-c3nc(-c4ccccc4)nc(-c4cc(-c5ccccc5)cc(-c5ncccn5)c4)n3)c2)cc1. The Morgan fingerprint density at radius 2 is 0.521 bits per heavy atom. The normalized spacial score (nSPS) is 10.9. The first kappa shape index (κ1) is 28.7. The molecule has 8 rings (SSSR count). The minimum atomic E-state index is 0.538. The van der Waals surface area contributed by atoms with Gasteiger partial charge in [-0.15, -0.1) is 0 Å². The van der Waals surface area contributed by atoms with E-state index in [1.165, 1.54) is 0 Å². The Morgan fingerprint density at radius 3 is 0.896 bits per heavy atom. The molecule has 0 aliphatic rings. The number of aromatic nitrogens is 7. The average molecular weight is 618 g/mol. The van der Waals surface area contributed by atoms with Crippen LogP contribution in [0.15, 0.2) is 164 Å². The van der Waals surface area contributed by atoms with Gasteiger partial charge in [-0.1, -0.05) is 91.0 Å². The molecule has 0 unspecified atom stereocenters. The molecule has 7 nitrogen and oxygen atoms in total. The second-order valence-corrected chi connectivity index (χ2v) is 11.1. The Kier molecular flexibility index (Phi) is 7.74. The van der Waals surface area contributed by atoms with Gasteiger partial charge in [-0.3, -0.25) is 0 Å². The van der Waals surface area contributed by atoms with E-state index in [9.17, 15) is 0 Å². The van der Waals surface area contributed by atoms with Crippen LogP contribution in [0.1, 0.15) is 0 Å². The van der Waals surface area contributed by atoms with Crippen LogP contribution in [0.2, 0.25) is 0 Å².